The standard InChI is InChI=1S/C13H17F3N2O2S/c1-18(7-11(19)13(14,15)16)12(20)17-10-5-3-9(4-6-10)8-21-2/h3-6,11,19H,7-8H2,1-2H3,(H,17,20). The molecule has 1 rings (SSSR count). The molecule has 1 aromatic rings. The maximum Gasteiger partial charge on any atom is 0.416 e. The molecule has 0 saturated heterocycles. The Kier molecular flexibility index (Phi) is 6.35. The summed E-state index contributed by atoms with van der Waals surface area (Å²) >= 11 is 1.66. The number of halogens is 3. The van der Waals surface area contributed by atoms with E-state index in [1.165, 1.54) is 7.05 Å². The zero-order chi connectivity index (χ0) is 16.0. The monoisotopic (exact) mass is 322 g/mol. The van der Waals surface area contributed by atoms with Crippen molar-refractivity contribution in [3.05, 3.63) is 29.8 Å². The number of aliphatic hydroxyl groups excluding tert-OH is 1. The van der Waals surface area contributed by atoms with E-state index in [-0.39, 0.29) is 0 Å². The zero-order valence-corrected chi connectivity index (χ0v) is 12.5. The van der Waals surface area contributed by atoms with Crippen molar-refractivity contribution >= 4 is 23.5 Å². The minimum atomic E-state index is -4.74. The predicted octanol–water partition coefficient (Wildman–Crippen LogP) is 2.94. The Hall–Kier alpha value is -1.41. The van der Waals surface area contributed by atoms with Crippen LogP contribution in [0.2, 0.25) is 0 Å². The molecule has 1 unspecified atom stereocenters. The molecule has 118 valence electrons. The third kappa shape index (κ3) is 5.84. The van der Waals surface area contributed by atoms with Gasteiger partial charge in [-0.05, 0) is 24.0 Å². The number of amides is 2. The van der Waals surface area contributed by atoms with E-state index in [2.05, 4.69) is 5.32 Å². The smallest absolute Gasteiger partial charge is 0.382 e. The Morgan fingerprint density at radius 1 is 1.38 bits per heavy atom. The molecular weight excluding hydrogens is 305 g/mol. The van der Waals surface area contributed by atoms with Gasteiger partial charge >= 0.3 is 12.2 Å². The Labute approximate surface area is 125 Å². The average Bonchev–Trinajstić information content (AvgIpc) is 2.40. The molecule has 2 amide bonds. The molecule has 0 aliphatic carbocycles. The first-order valence-electron chi connectivity index (χ1n) is 6.09. The van der Waals surface area contributed by atoms with E-state index in [1.54, 1.807) is 23.9 Å². The lowest BCUT2D eigenvalue weighted by molar-refractivity contribution is -0.205. The van der Waals surface area contributed by atoms with Crippen LogP contribution < -0.4 is 5.32 Å². The molecule has 0 saturated carbocycles. The molecule has 0 spiro atoms. The molecule has 2 N–H and O–H groups in total. The van der Waals surface area contributed by atoms with Crippen molar-refractivity contribution in [2.24, 2.45) is 0 Å². The van der Waals surface area contributed by atoms with Gasteiger partial charge in [-0.15, -0.1) is 0 Å². The van der Waals surface area contributed by atoms with Gasteiger partial charge in [-0.25, -0.2) is 4.79 Å². The summed E-state index contributed by atoms with van der Waals surface area (Å²) in [5, 5.41) is 11.4. The van der Waals surface area contributed by atoms with Crippen molar-refractivity contribution in [1.29, 1.82) is 0 Å². The first-order valence-corrected chi connectivity index (χ1v) is 7.48. The molecule has 0 heterocycles. The number of carbonyl (C=O) groups excluding carboxylic acids is 1. The molecule has 1 atom stereocenters. The van der Waals surface area contributed by atoms with Gasteiger partial charge in [0.2, 0.25) is 0 Å². The van der Waals surface area contributed by atoms with Crippen molar-refractivity contribution in [3.63, 3.8) is 0 Å². The summed E-state index contributed by atoms with van der Waals surface area (Å²) in [5.74, 6) is 0.839. The summed E-state index contributed by atoms with van der Waals surface area (Å²) in [6.07, 6.45) is -5.33. The van der Waals surface area contributed by atoms with Crippen LogP contribution in [0.1, 0.15) is 5.56 Å². The van der Waals surface area contributed by atoms with E-state index < -0.39 is 24.9 Å². The number of nitrogens with zero attached hydrogens (tertiary/aromatic N) is 1. The first-order chi connectivity index (χ1) is 9.74. The highest BCUT2D eigenvalue weighted by molar-refractivity contribution is 7.97. The number of aliphatic hydroxyl groups is 1. The van der Waals surface area contributed by atoms with Crippen LogP contribution in [-0.4, -0.2) is 48.2 Å². The van der Waals surface area contributed by atoms with Crippen LogP contribution in [0, 0.1) is 0 Å². The van der Waals surface area contributed by atoms with Crippen LogP contribution in [0.4, 0.5) is 23.7 Å². The average molecular weight is 322 g/mol. The number of anilines is 1. The fourth-order valence-electron chi connectivity index (χ4n) is 1.52. The van der Waals surface area contributed by atoms with Crippen molar-refractivity contribution in [3.8, 4) is 0 Å². The van der Waals surface area contributed by atoms with Crippen LogP contribution in [0.5, 0.6) is 0 Å². The molecule has 0 radical (unpaired) electrons. The van der Waals surface area contributed by atoms with Gasteiger partial charge in [-0.3, -0.25) is 0 Å². The summed E-state index contributed by atoms with van der Waals surface area (Å²) in [6.45, 7) is -0.820. The van der Waals surface area contributed by atoms with Crippen molar-refractivity contribution < 1.29 is 23.1 Å². The van der Waals surface area contributed by atoms with E-state index >= 15 is 0 Å². The van der Waals surface area contributed by atoms with Gasteiger partial charge in [-0.2, -0.15) is 24.9 Å². The Balaban J connectivity index is 2.56. The second-order valence-corrected chi connectivity index (χ2v) is 5.36. The summed E-state index contributed by atoms with van der Waals surface area (Å²) in [4.78, 5) is 12.5. The number of likely N-dealkylation sites (N-methyl/N-ethyl adjacent to an activating group) is 1. The van der Waals surface area contributed by atoms with Gasteiger partial charge in [0.25, 0.3) is 0 Å². The molecular formula is C13H17F3N2O2S. The topological polar surface area (TPSA) is 52.6 Å². The number of benzene rings is 1. The number of carbonyl (C=O) groups is 1. The van der Waals surface area contributed by atoms with Gasteiger partial charge in [-0.1, -0.05) is 12.1 Å². The quantitative estimate of drug-likeness (QED) is 0.876. The van der Waals surface area contributed by atoms with Crippen LogP contribution in [0.25, 0.3) is 0 Å². The number of urea groups is 1. The second kappa shape index (κ2) is 7.56. The summed E-state index contributed by atoms with van der Waals surface area (Å²) in [6, 6.07) is 6.30. The highest BCUT2D eigenvalue weighted by Crippen LogP contribution is 2.20. The van der Waals surface area contributed by atoms with Crippen LogP contribution in [0.3, 0.4) is 0 Å². The van der Waals surface area contributed by atoms with Crippen molar-refractivity contribution in [2.75, 3.05) is 25.2 Å². The van der Waals surface area contributed by atoms with Crippen LogP contribution in [-0.2, 0) is 5.75 Å². The van der Waals surface area contributed by atoms with E-state index in [0.717, 1.165) is 16.2 Å². The van der Waals surface area contributed by atoms with Crippen LogP contribution >= 0.6 is 11.8 Å². The summed E-state index contributed by atoms with van der Waals surface area (Å²) in [5.41, 5.74) is 1.57. The van der Waals surface area contributed by atoms with Gasteiger partial charge in [0, 0.05) is 18.5 Å². The van der Waals surface area contributed by atoms with Crippen molar-refractivity contribution in [2.45, 2.75) is 18.0 Å². The molecule has 0 aliphatic rings. The highest BCUT2D eigenvalue weighted by atomic mass is 32.2. The number of alkyl halides is 3. The highest BCUT2D eigenvalue weighted by Gasteiger charge is 2.39. The fraction of sp³-hybridized carbons (Fsp3) is 0.462. The van der Waals surface area contributed by atoms with E-state index in [9.17, 15) is 18.0 Å². The van der Waals surface area contributed by atoms with Gasteiger partial charge < -0.3 is 15.3 Å². The second-order valence-electron chi connectivity index (χ2n) is 4.50. The Morgan fingerprint density at radius 3 is 2.43 bits per heavy atom. The van der Waals surface area contributed by atoms with E-state index in [4.69, 9.17) is 5.11 Å². The minimum Gasteiger partial charge on any atom is -0.382 e. The maximum atomic E-state index is 12.2. The van der Waals surface area contributed by atoms with E-state index in [0.29, 0.717) is 5.69 Å². The summed E-state index contributed by atoms with van der Waals surface area (Å²) in [7, 11) is 1.19. The van der Waals surface area contributed by atoms with Crippen molar-refractivity contribution in [1.82, 2.24) is 4.90 Å². The molecule has 4 nitrogen and oxygen atoms in total. The van der Waals surface area contributed by atoms with Gasteiger partial charge in [0.05, 0.1) is 6.54 Å². The fourth-order valence-corrected chi connectivity index (χ4v) is 2.04. The largest absolute Gasteiger partial charge is 0.416 e. The summed E-state index contributed by atoms with van der Waals surface area (Å²) < 4.78 is 36.6. The minimum absolute atomic E-state index is 0.484. The van der Waals surface area contributed by atoms with E-state index in [1.807, 2.05) is 18.4 Å². The molecule has 0 aliphatic heterocycles. The van der Waals surface area contributed by atoms with Gasteiger partial charge in [0.15, 0.2) is 6.10 Å². The predicted molar refractivity (Wildman–Crippen MR) is 77.4 cm³/mol. The lowest BCUT2D eigenvalue weighted by Crippen LogP contribution is -2.43. The molecule has 0 bridgehead atoms. The molecule has 0 aromatic heterocycles. The molecule has 0 fully saturated rings. The lowest BCUT2D eigenvalue weighted by atomic mass is 10.2. The Morgan fingerprint density at radius 2 is 1.95 bits per heavy atom. The maximum absolute atomic E-state index is 12.2. The molecule has 1 aromatic carbocycles. The number of hydrogen-bond acceptors (Lipinski definition) is 3. The zero-order valence-electron chi connectivity index (χ0n) is 11.6. The number of thioether (sulfide) groups is 1. The number of rotatable bonds is 5. The van der Waals surface area contributed by atoms with Gasteiger partial charge in [0.1, 0.15) is 0 Å². The molecule has 21 heavy (non-hydrogen) atoms. The molecule has 8 heteroatoms. The third-order valence-electron chi connectivity index (χ3n) is 2.69. The van der Waals surface area contributed by atoms with Crippen LogP contribution in [0.15, 0.2) is 24.3 Å². The number of hydrogen-bond donors (Lipinski definition) is 2. The number of nitrogens with one attached hydrogen (secondary N) is 1. The normalized spacial score (nSPS) is 12.9. The SMILES string of the molecule is CSCc1ccc(NC(=O)N(C)CC(O)C(F)(F)F)cc1. The third-order valence-corrected chi connectivity index (χ3v) is 3.31. The Bertz CT molecular complexity index is 465. The lowest BCUT2D eigenvalue weighted by Gasteiger charge is -2.22. The first kappa shape index (κ1) is 17.6.